The second kappa shape index (κ2) is 6.81. The number of nitrogens with zero attached hydrogens (tertiary/aromatic N) is 3. The van der Waals surface area contributed by atoms with Crippen LogP contribution in [0.15, 0.2) is 70.6 Å². The lowest BCUT2D eigenvalue weighted by molar-refractivity contribution is 0.619. The van der Waals surface area contributed by atoms with E-state index in [1.54, 1.807) is 11.8 Å². The normalized spacial score (nSPS) is 18.0. The van der Waals surface area contributed by atoms with E-state index in [-0.39, 0.29) is 6.04 Å². The fourth-order valence-electron chi connectivity index (χ4n) is 2.82. The summed E-state index contributed by atoms with van der Waals surface area (Å²) in [5.41, 5.74) is 1.75. The van der Waals surface area contributed by atoms with Crippen molar-refractivity contribution >= 4 is 22.0 Å². The topological polar surface area (TPSA) is 28.0 Å². The van der Waals surface area contributed by atoms with Gasteiger partial charge in [0, 0.05) is 20.1 Å². The van der Waals surface area contributed by atoms with E-state index in [0.29, 0.717) is 0 Å². The van der Waals surface area contributed by atoms with Crippen LogP contribution in [0.4, 0.5) is 0 Å². The van der Waals surface area contributed by atoms with Crippen LogP contribution in [0.25, 0.3) is 0 Å². The summed E-state index contributed by atoms with van der Waals surface area (Å²) >= 11 is 1.67. The minimum atomic E-state index is -0.558. The molecule has 0 spiro atoms. The second-order valence-electron chi connectivity index (χ2n) is 6.36. The van der Waals surface area contributed by atoms with Crippen LogP contribution in [-0.4, -0.2) is 35.2 Å². The Kier molecular flexibility index (Phi) is 4.76. The molecule has 0 radical (unpaired) electrons. The van der Waals surface area contributed by atoms with E-state index < -0.39 is 5.54 Å². The maximum absolute atomic E-state index is 5.17. The standard InChI is InChI=1S/C20H23N3S/c1-15(2)21-18-20(16-11-7-5-8-12-16,17-13-9-6-10-14-17)22-19(24-18)23(3)4/h5-15H,1-4H3. The predicted octanol–water partition coefficient (Wildman–Crippen LogP) is 4.40. The van der Waals surface area contributed by atoms with E-state index in [9.17, 15) is 0 Å². The van der Waals surface area contributed by atoms with Crippen LogP contribution >= 0.6 is 11.8 Å². The van der Waals surface area contributed by atoms with Gasteiger partial charge in [-0.15, -0.1) is 0 Å². The maximum atomic E-state index is 5.17. The summed E-state index contributed by atoms with van der Waals surface area (Å²) in [5.74, 6) is 0. The van der Waals surface area contributed by atoms with Gasteiger partial charge in [0.05, 0.1) is 0 Å². The van der Waals surface area contributed by atoms with Gasteiger partial charge < -0.3 is 4.90 Å². The molecular formula is C20H23N3S. The smallest absolute Gasteiger partial charge is 0.166 e. The van der Waals surface area contributed by atoms with E-state index >= 15 is 0 Å². The average molecular weight is 337 g/mol. The third-order valence-electron chi connectivity index (χ3n) is 3.90. The zero-order chi connectivity index (χ0) is 17.2. The molecule has 0 fully saturated rings. The van der Waals surface area contributed by atoms with Crippen LogP contribution in [-0.2, 0) is 5.54 Å². The molecule has 0 saturated carbocycles. The second-order valence-corrected chi connectivity index (χ2v) is 7.32. The molecule has 2 aromatic rings. The monoisotopic (exact) mass is 337 g/mol. The first kappa shape index (κ1) is 16.8. The highest BCUT2D eigenvalue weighted by atomic mass is 32.2. The molecular weight excluding hydrogens is 314 g/mol. The van der Waals surface area contributed by atoms with Crippen molar-refractivity contribution in [2.24, 2.45) is 9.98 Å². The van der Waals surface area contributed by atoms with Gasteiger partial charge in [-0.1, -0.05) is 60.7 Å². The molecule has 3 nitrogen and oxygen atoms in total. The summed E-state index contributed by atoms with van der Waals surface area (Å²) in [6, 6.07) is 21.2. The van der Waals surface area contributed by atoms with Crippen LogP contribution in [0.1, 0.15) is 25.0 Å². The highest BCUT2D eigenvalue weighted by molar-refractivity contribution is 8.27. The fraction of sp³-hybridized carbons (Fsp3) is 0.300. The summed E-state index contributed by atoms with van der Waals surface area (Å²) in [6.45, 7) is 4.23. The lowest BCUT2D eigenvalue weighted by Gasteiger charge is -2.28. The average Bonchev–Trinajstić information content (AvgIpc) is 2.96. The quantitative estimate of drug-likeness (QED) is 0.830. The summed E-state index contributed by atoms with van der Waals surface area (Å²) < 4.78 is 0. The van der Waals surface area contributed by atoms with Gasteiger partial charge in [0.2, 0.25) is 0 Å². The molecule has 0 atom stereocenters. The lowest BCUT2D eigenvalue weighted by Crippen LogP contribution is -2.31. The number of hydrogen-bond donors (Lipinski definition) is 0. The van der Waals surface area contributed by atoms with Crippen LogP contribution < -0.4 is 0 Å². The van der Waals surface area contributed by atoms with Crippen molar-refractivity contribution in [1.82, 2.24) is 4.90 Å². The van der Waals surface area contributed by atoms with Gasteiger partial charge in [0.15, 0.2) is 10.7 Å². The van der Waals surface area contributed by atoms with Gasteiger partial charge in [0.25, 0.3) is 0 Å². The zero-order valence-electron chi connectivity index (χ0n) is 14.6. The van der Waals surface area contributed by atoms with E-state index in [0.717, 1.165) is 21.3 Å². The molecule has 3 rings (SSSR count). The van der Waals surface area contributed by atoms with Gasteiger partial charge in [-0.3, -0.25) is 4.99 Å². The minimum Gasteiger partial charge on any atom is -0.357 e. The molecule has 0 saturated heterocycles. The Bertz CT molecular complexity index is 709. The van der Waals surface area contributed by atoms with Gasteiger partial charge in [-0.2, -0.15) is 0 Å². The molecule has 4 heteroatoms. The van der Waals surface area contributed by atoms with Crippen LogP contribution in [0.5, 0.6) is 0 Å². The van der Waals surface area contributed by atoms with Gasteiger partial charge in [-0.25, -0.2) is 4.99 Å². The van der Waals surface area contributed by atoms with E-state index in [2.05, 4.69) is 67.3 Å². The van der Waals surface area contributed by atoms with Gasteiger partial charge >= 0.3 is 0 Å². The Balaban J connectivity index is 2.30. The Morgan fingerprint density at radius 1 is 0.917 bits per heavy atom. The van der Waals surface area contributed by atoms with Gasteiger partial charge in [-0.05, 0) is 36.7 Å². The number of benzene rings is 2. The lowest BCUT2D eigenvalue weighted by atomic mass is 9.84. The van der Waals surface area contributed by atoms with Crippen LogP contribution in [0.2, 0.25) is 0 Å². The summed E-state index contributed by atoms with van der Waals surface area (Å²) in [5, 5.41) is 2.03. The number of amidine groups is 1. The molecule has 0 aliphatic carbocycles. The Morgan fingerprint density at radius 3 is 1.83 bits per heavy atom. The molecule has 1 heterocycles. The van der Waals surface area contributed by atoms with Crippen LogP contribution in [0.3, 0.4) is 0 Å². The predicted molar refractivity (Wildman–Crippen MR) is 105 cm³/mol. The number of rotatable bonds is 3. The molecule has 1 aliphatic rings. The zero-order valence-corrected chi connectivity index (χ0v) is 15.4. The van der Waals surface area contributed by atoms with Crippen molar-refractivity contribution in [2.45, 2.75) is 25.4 Å². The van der Waals surface area contributed by atoms with Crippen molar-refractivity contribution in [3.05, 3.63) is 71.8 Å². The molecule has 24 heavy (non-hydrogen) atoms. The highest BCUT2D eigenvalue weighted by Crippen LogP contribution is 2.45. The Labute approximate surface area is 148 Å². The summed E-state index contributed by atoms with van der Waals surface area (Å²) in [6.07, 6.45) is 0. The van der Waals surface area contributed by atoms with Gasteiger partial charge in [0.1, 0.15) is 5.04 Å². The highest BCUT2D eigenvalue weighted by Gasteiger charge is 2.45. The number of aliphatic imine (C=N–C) groups is 2. The largest absolute Gasteiger partial charge is 0.357 e. The third-order valence-corrected chi connectivity index (χ3v) is 5.14. The van der Waals surface area contributed by atoms with Crippen molar-refractivity contribution in [3.8, 4) is 0 Å². The van der Waals surface area contributed by atoms with Crippen molar-refractivity contribution < 1.29 is 0 Å². The van der Waals surface area contributed by atoms with E-state index in [1.807, 2.05) is 26.2 Å². The minimum absolute atomic E-state index is 0.219. The first-order chi connectivity index (χ1) is 11.5. The molecule has 124 valence electrons. The van der Waals surface area contributed by atoms with E-state index in [1.165, 1.54) is 0 Å². The molecule has 1 aliphatic heterocycles. The molecule has 0 bridgehead atoms. The Hall–Kier alpha value is -2.07. The maximum Gasteiger partial charge on any atom is 0.166 e. The van der Waals surface area contributed by atoms with E-state index in [4.69, 9.17) is 9.98 Å². The Morgan fingerprint density at radius 2 is 1.42 bits per heavy atom. The van der Waals surface area contributed by atoms with Crippen LogP contribution in [0, 0.1) is 0 Å². The summed E-state index contributed by atoms with van der Waals surface area (Å²) in [7, 11) is 4.07. The summed E-state index contributed by atoms with van der Waals surface area (Å²) in [4.78, 5) is 12.2. The fourth-order valence-corrected chi connectivity index (χ4v) is 4.05. The SMILES string of the molecule is CC(C)N=C1SC(N(C)C)=NC1(c1ccccc1)c1ccccc1. The third kappa shape index (κ3) is 2.98. The van der Waals surface area contributed by atoms with Crippen molar-refractivity contribution in [1.29, 1.82) is 0 Å². The first-order valence-corrected chi connectivity index (χ1v) is 9.00. The van der Waals surface area contributed by atoms with Crippen molar-refractivity contribution in [2.75, 3.05) is 14.1 Å². The van der Waals surface area contributed by atoms with Crippen molar-refractivity contribution in [3.63, 3.8) is 0 Å². The molecule has 0 N–H and O–H groups in total. The molecule has 0 unspecified atom stereocenters. The number of thioether (sulfide) groups is 1. The number of hydrogen-bond acceptors (Lipinski definition) is 4. The molecule has 2 aromatic carbocycles. The molecule has 0 amide bonds. The molecule has 0 aromatic heterocycles. The first-order valence-electron chi connectivity index (χ1n) is 8.18.